The van der Waals surface area contributed by atoms with Gasteiger partial charge >= 0.3 is 0 Å². The molecule has 6 heteroatoms. The summed E-state index contributed by atoms with van der Waals surface area (Å²) in [6, 6.07) is 3.75. The van der Waals surface area contributed by atoms with Gasteiger partial charge in [-0.1, -0.05) is 0 Å². The van der Waals surface area contributed by atoms with Crippen molar-refractivity contribution in [2.45, 2.75) is 18.8 Å². The summed E-state index contributed by atoms with van der Waals surface area (Å²) in [5, 5.41) is 9.82. The molecule has 0 amide bonds. The third kappa shape index (κ3) is 3.25. The van der Waals surface area contributed by atoms with Gasteiger partial charge in [-0.3, -0.25) is 4.90 Å². The number of phenolic OH excluding ortho intramolecular Hbond substituents is 1. The van der Waals surface area contributed by atoms with Crippen LogP contribution in [0.5, 0.6) is 11.5 Å². The van der Waals surface area contributed by atoms with E-state index in [2.05, 4.69) is 20.8 Å². The van der Waals surface area contributed by atoms with E-state index in [4.69, 9.17) is 14.2 Å². The number of benzene rings is 1. The van der Waals surface area contributed by atoms with Crippen molar-refractivity contribution in [2.24, 2.45) is 0 Å². The Morgan fingerprint density at radius 1 is 1.20 bits per heavy atom. The van der Waals surface area contributed by atoms with Crippen molar-refractivity contribution in [2.75, 3.05) is 34.4 Å². The van der Waals surface area contributed by atoms with Gasteiger partial charge in [0.2, 0.25) is 0 Å². The highest BCUT2D eigenvalue weighted by Gasteiger charge is 2.32. The molecule has 1 saturated heterocycles. The number of phenols is 1. The maximum absolute atomic E-state index is 9.82. The molecule has 0 saturated carbocycles. The van der Waals surface area contributed by atoms with Crippen LogP contribution in [0, 0.1) is 0 Å². The van der Waals surface area contributed by atoms with E-state index in [1.807, 2.05) is 12.1 Å². The lowest BCUT2D eigenvalue weighted by Gasteiger charge is -2.16. The number of ether oxygens (including phenoxy) is 3. The monoisotopic (exact) mass is 345 g/mol. The van der Waals surface area contributed by atoms with Crippen LogP contribution < -0.4 is 4.74 Å². The molecule has 0 aliphatic carbocycles. The molecule has 112 valence electrons. The molecule has 2 unspecified atom stereocenters. The number of hydrogen-bond acceptors (Lipinski definition) is 5. The Bertz CT molecular complexity index is 457. The molecule has 20 heavy (non-hydrogen) atoms. The van der Waals surface area contributed by atoms with Gasteiger partial charge in [0.15, 0.2) is 11.5 Å². The first-order valence-corrected chi connectivity index (χ1v) is 7.21. The first-order chi connectivity index (χ1) is 9.58. The maximum Gasteiger partial charge on any atom is 0.172 e. The van der Waals surface area contributed by atoms with Crippen LogP contribution in [0.25, 0.3) is 0 Å². The molecular formula is C14H20BrNO4. The zero-order valence-corrected chi connectivity index (χ0v) is 13.5. The molecule has 5 nitrogen and oxygen atoms in total. The lowest BCUT2D eigenvalue weighted by atomic mass is 10.2. The highest BCUT2D eigenvalue weighted by molar-refractivity contribution is 9.10. The molecule has 0 bridgehead atoms. The molecule has 1 aliphatic heterocycles. The van der Waals surface area contributed by atoms with Gasteiger partial charge in [-0.05, 0) is 33.6 Å². The van der Waals surface area contributed by atoms with Crippen molar-refractivity contribution in [1.29, 1.82) is 0 Å². The molecule has 1 aliphatic rings. The van der Waals surface area contributed by atoms with Crippen molar-refractivity contribution in [1.82, 2.24) is 4.90 Å². The second-order valence-corrected chi connectivity index (χ2v) is 5.73. The minimum Gasteiger partial charge on any atom is -0.503 e. The number of likely N-dealkylation sites (tertiary alicyclic amines) is 1. The molecule has 1 aromatic carbocycles. The van der Waals surface area contributed by atoms with Crippen LogP contribution in [0.3, 0.4) is 0 Å². The van der Waals surface area contributed by atoms with Crippen molar-refractivity contribution in [3.05, 3.63) is 22.2 Å². The zero-order valence-electron chi connectivity index (χ0n) is 11.9. The van der Waals surface area contributed by atoms with Crippen LogP contribution >= 0.6 is 15.9 Å². The topological polar surface area (TPSA) is 51.2 Å². The number of methoxy groups -OCH3 is 3. The summed E-state index contributed by atoms with van der Waals surface area (Å²) in [4.78, 5) is 2.26. The van der Waals surface area contributed by atoms with E-state index in [0.29, 0.717) is 10.2 Å². The summed E-state index contributed by atoms with van der Waals surface area (Å²) < 4.78 is 16.7. The minimum absolute atomic E-state index is 0.0995. The molecular weight excluding hydrogens is 326 g/mol. The first kappa shape index (κ1) is 15.6. The van der Waals surface area contributed by atoms with E-state index in [1.165, 1.54) is 0 Å². The largest absolute Gasteiger partial charge is 0.503 e. The molecule has 2 rings (SSSR count). The van der Waals surface area contributed by atoms with Crippen LogP contribution in [0.2, 0.25) is 0 Å². The third-order valence-corrected chi connectivity index (χ3v) is 4.22. The van der Waals surface area contributed by atoms with Gasteiger partial charge in [-0.15, -0.1) is 0 Å². The van der Waals surface area contributed by atoms with E-state index in [1.54, 1.807) is 21.3 Å². The number of rotatable bonds is 5. The molecule has 2 atom stereocenters. The van der Waals surface area contributed by atoms with Crippen molar-refractivity contribution in [3.63, 3.8) is 0 Å². The molecule has 1 aromatic rings. The van der Waals surface area contributed by atoms with E-state index in [-0.39, 0.29) is 18.0 Å². The van der Waals surface area contributed by atoms with Crippen molar-refractivity contribution >= 4 is 15.9 Å². The highest BCUT2D eigenvalue weighted by atomic mass is 79.9. The summed E-state index contributed by atoms with van der Waals surface area (Å²) in [6.45, 7) is 2.42. The third-order valence-electron chi connectivity index (χ3n) is 3.61. The summed E-state index contributed by atoms with van der Waals surface area (Å²) in [5.41, 5.74) is 1.07. The van der Waals surface area contributed by atoms with Gasteiger partial charge in [0.25, 0.3) is 0 Å². The lowest BCUT2D eigenvalue weighted by Crippen LogP contribution is -2.27. The standard InChI is InChI=1S/C14H20BrNO4/c1-18-11-5-9(4-10(15)14(11)17)6-16-7-12(19-2)13(8-16)20-3/h4-5,12-13,17H,6-8H2,1-3H3. The van der Waals surface area contributed by atoms with E-state index in [9.17, 15) is 5.11 Å². The zero-order chi connectivity index (χ0) is 14.7. The van der Waals surface area contributed by atoms with Gasteiger partial charge in [0.05, 0.1) is 23.8 Å². The minimum atomic E-state index is 0.0995. The number of hydrogen-bond donors (Lipinski definition) is 1. The molecule has 0 radical (unpaired) electrons. The number of aromatic hydroxyl groups is 1. The van der Waals surface area contributed by atoms with Gasteiger partial charge < -0.3 is 19.3 Å². The lowest BCUT2D eigenvalue weighted by molar-refractivity contribution is -0.00461. The van der Waals surface area contributed by atoms with E-state index in [0.717, 1.165) is 25.2 Å². The van der Waals surface area contributed by atoms with Crippen LogP contribution in [-0.2, 0) is 16.0 Å². The van der Waals surface area contributed by atoms with E-state index < -0.39 is 0 Å². The first-order valence-electron chi connectivity index (χ1n) is 6.42. The second kappa shape index (κ2) is 6.76. The maximum atomic E-state index is 9.82. The molecule has 0 aromatic heterocycles. The van der Waals surface area contributed by atoms with Crippen molar-refractivity contribution < 1.29 is 19.3 Å². The van der Waals surface area contributed by atoms with Crippen molar-refractivity contribution in [3.8, 4) is 11.5 Å². The predicted molar refractivity (Wildman–Crippen MR) is 79.2 cm³/mol. The number of nitrogens with zero attached hydrogens (tertiary/aromatic N) is 1. The Morgan fingerprint density at radius 2 is 1.80 bits per heavy atom. The normalized spacial score (nSPS) is 23.2. The van der Waals surface area contributed by atoms with E-state index >= 15 is 0 Å². The van der Waals surface area contributed by atoms with Crippen LogP contribution in [0.15, 0.2) is 16.6 Å². The summed E-state index contributed by atoms with van der Waals surface area (Å²) in [6.07, 6.45) is 0.199. The average Bonchev–Trinajstić information content (AvgIpc) is 2.84. The molecule has 1 heterocycles. The molecule has 0 spiro atoms. The summed E-state index contributed by atoms with van der Waals surface area (Å²) >= 11 is 3.34. The van der Waals surface area contributed by atoms with Gasteiger partial charge in [-0.2, -0.15) is 0 Å². The fourth-order valence-electron chi connectivity index (χ4n) is 2.53. The fraction of sp³-hybridized carbons (Fsp3) is 0.571. The van der Waals surface area contributed by atoms with Gasteiger partial charge in [-0.25, -0.2) is 0 Å². The SMILES string of the molecule is COc1cc(CN2CC(OC)C(OC)C2)cc(Br)c1O. The van der Waals surface area contributed by atoms with Crippen LogP contribution in [0.1, 0.15) is 5.56 Å². The second-order valence-electron chi connectivity index (χ2n) is 4.87. The summed E-state index contributed by atoms with van der Waals surface area (Å²) in [7, 11) is 4.96. The summed E-state index contributed by atoms with van der Waals surface area (Å²) in [5.74, 6) is 0.599. The smallest absolute Gasteiger partial charge is 0.172 e. The Kier molecular flexibility index (Phi) is 5.26. The average molecular weight is 346 g/mol. The Morgan fingerprint density at radius 3 is 2.30 bits per heavy atom. The molecule has 1 fully saturated rings. The van der Waals surface area contributed by atoms with Crippen LogP contribution in [-0.4, -0.2) is 56.6 Å². The van der Waals surface area contributed by atoms with Gasteiger partial charge in [0, 0.05) is 33.9 Å². The Labute approximate surface area is 127 Å². The fourth-order valence-corrected chi connectivity index (χ4v) is 3.02. The number of halogens is 1. The van der Waals surface area contributed by atoms with Crippen LogP contribution in [0.4, 0.5) is 0 Å². The highest BCUT2D eigenvalue weighted by Crippen LogP contribution is 2.35. The van der Waals surface area contributed by atoms with Gasteiger partial charge in [0.1, 0.15) is 0 Å². The molecule has 1 N–H and O–H groups in total. The quantitative estimate of drug-likeness (QED) is 0.884. The predicted octanol–water partition coefficient (Wildman–Crippen LogP) is 2.01. The Balaban J connectivity index is 2.09. The Hall–Kier alpha value is -0.820.